The number of hydrogen-bond donors (Lipinski definition) is 1. The van der Waals surface area contributed by atoms with Crippen molar-refractivity contribution in [2.24, 2.45) is 10.4 Å². The van der Waals surface area contributed by atoms with Crippen LogP contribution in [0.25, 0.3) is 0 Å². The van der Waals surface area contributed by atoms with Crippen LogP contribution in [0, 0.1) is 5.41 Å². The highest BCUT2D eigenvalue weighted by atomic mass is 32.2. The summed E-state index contributed by atoms with van der Waals surface area (Å²) >= 11 is 1.86. The van der Waals surface area contributed by atoms with Gasteiger partial charge in [-0.1, -0.05) is 69.8 Å². The van der Waals surface area contributed by atoms with Crippen LogP contribution >= 0.6 is 11.8 Å². The van der Waals surface area contributed by atoms with Crippen molar-refractivity contribution in [3.8, 4) is 0 Å². The number of thioether (sulfide) groups is 1. The van der Waals surface area contributed by atoms with Gasteiger partial charge in [-0.3, -0.25) is 4.99 Å². The maximum atomic E-state index is 4.93. The number of benzene rings is 1. The molecule has 1 aliphatic rings. The molecule has 2 atom stereocenters. The molecule has 2 rings (SSSR count). The van der Waals surface area contributed by atoms with Crippen molar-refractivity contribution in [2.45, 2.75) is 52.6 Å². The molecule has 1 aliphatic heterocycles. The zero-order chi connectivity index (χ0) is 14.6. The summed E-state index contributed by atoms with van der Waals surface area (Å²) in [6.45, 7) is 9.07. The quantitative estimate of drug-likeness (QED) is 0.877. The van der Waals surface area contributed by atoms with Crippen LogP contribution in [0.1, 0.15) is 52.1 Å². The Morgan fingerprint density at radius 3 is 2.60 bits per heavy atom. The van der Waals surface area contributed by atoms with E-state index >= 15 is 0 Å². The van der Waals surface area contributed by atoms with Crippen molar-refractivity contribution in [3.05, 3.63) is 35.9 Å². The highest BCUT2D eigenvalue weighted by Gasteiger charge is 2.27. The Hall–Kier alpha value is -0.960. The van der Waals surface area contributed by atoms with Gasteiger partial charge < -0.3 is 5.32 Å². The Morgan fingerprint density at radius 1 is 1.30 bits per heavy atom. The Balaban J connectivity index is 2.10. The normalized spacial score (nSPS) is 21.2. The Kier molecular flexibility index (Phi) is 5.14. The molecule has 0 amide bonds. The fourth-order valence-corrected chi connectivity index (χ4v) is 3.43. The summed E-state index contributed by atoms with van der Waals surface area (Å²) in [5.74, 6) is 1.17. The van der Waals surface area contributed by atoms with E-state index in [1.165, 1.54) is 17.7 Å². The minimum atomic E-state index is 0.252. The van der Waals surface area contributed by atoms with Crippen LogP contribution in [0.2, 0.25) is 0 Å². The largest absolute Gasteiger partial charge is 0.358 e. The molecule has 0 bridgehead atoms. The van der Waals surface area contributed by atoms with Gasteiger partial charge in [0.25, 0.3) is 0 Å². The summed E-state index contributed by atoms with van der Waals surface area (Å²) in [7, 11) is 0. The van der Waals surface area contributed by atoms with E-state index in [0.29, 0.717) is 12.1 Å². The van der Waals surface area contributed by atoms with Gasteiger partial charge in [0.1, 0.15) is 0 Å². The van der Waals surface area contributed by atoms with E-state index in [4.69, 9.17) is 4.99 Å². The van der Waals surface area contributed by atoms with Crippen molar-refractivity contribution in [3.63, 3.8) is 0 Å². The van der Waals surface area contributed by atoms with Crippen molar-refractivity contribution in [1.82, 2.24) is 5.32 Å². The Bertz CT molecular complexity index is 448. The van der Waals surface area contributed by atoms with Crippen LogP contribution in [0.4, 0.5) is 0 Å². The van der Waals surface area contributed by atoms with Gasteiger partial charge in [-0.2, -0.15) is 0 Å². The molecule has 2 unspecified atom stereocenters. The Labute approximate surface area is 127 Å². The molecule has 110 valence electrons. The maximum absolute atomic E-state index is 4.93. The molecule has 0 radical (unpaired) electrons. The lowest BCUT2D eigenvalue weighted by molar-refractivity contribution is 0.315. The zero-order valence-electron chi connectivity index (χ0n) is 13.0. The minimum Gasteiger partial charge on any atom is -0.358 e. The van der Waals surface area contributed by atoms with Crippen molar-refractivity contribution in [2.75, 3.05) is 5.75 Å². The molecule has 0 spiro atoms. The predicted molar refractivity (Wildman–Crippen MR) is 90.4 cm³/mol. The van der Waals surface area contributed by atoms with Gasteiger partial charge in [0.2, 0.25) is 0 Å². The molecule has 0 saturated heterocycles. The van der Waals surface area contributed by atoms with Gasteiger partial charge in [0.05, 0.1) is 12.1 Å². The molecule has 0 saturated carbocycles. The lowest BCUT2D eigenvalue weighted by Crippen LogP contribution is -2.34. The first kappa shape index (κ1) is 15.4. The predicted octanol–water partition coefficient (Wildman–Crippen LogP) is 4.63. The summed E-state index contributed by atoms with van der Waals surface area (Å²) in [6.07, 6.45) is 2.26. The summed E-state index contributed by atoms with van der Waals surface area (Å²) < 4.78 is 0. The second-order valence-electron chi connectivity index (χ2n) is 6.47. The fraction of sp³-hybridized carbons (Fsp3) is 0.588. The lowest BCUT2D eigenvalue weighted by Gasteiger charge is -2.32. The molecule has 0 aromatic heterocycles. The van der Waals surface area contributed by atoms with E-state index in [1.54, 1.807) is 0 Å². The van der Waals surface area contributed by atoms with Gasteiger partial charge in [0.15, 0.2) is 5.17 Å². The number of amidine groups is 1. The smallest absolute Gasteiger partial charge is 0.157 e. The lowest BCUT2D eigenvalue weighted by atomic mass is 9.85. The first-order chi connectivity index (χ1) is 9.50. The molecule has 0 fully saturated rings. The molecule has 1 N–H and O–H groups in total. The van der Waals surface area contributed by atoms with Crippen LogP contribution in [0.5, 0.6) is 0 Å². The summed E-state index contributed by atoms with van der Waals surface area (Å²) in [6, 6.07) is 11.5. The van der Waals surface area contributed by atoms with Gasteiger partial charge >= 0.3 is 0 Å². The van der Waals surface area contributed by atoms with Crippen LogP contribution in [0.15, 0.2) is 35.3 Å². The number of nitrogens with zero attached hydrogens (tertiary/aromatic N) is 1. The number of aliphatic imine (C=N–C) groups is 1. The van der Waals surface area contributed by atoms with E-state index in [0.717, 1.165) is 11.6 Å². The van der Waals surface area contributed by atoms with E-state index in [-0.39, 0.29) is 5.41 Å². The van der Waals surface area contributed by atoms with Crippen molar-refractivity contribution >= 4 is 16.9 Å². The summed E-state index contributed by atoms with van der Waals surface area (Å²) in [5, 5.41) is 4.75. The zero-order valence-corrected chi connectivity index (χ0v) is 13.8. The first-order valence-electron chi connectivity index (χ1n) is 7.52. The SMILES string of the molecule is CCC(NC1=NC(C(C)(C)C)CCS1)c1ccccc1. The van der Waals surface area contributed by atoms with Gasteiger partial charge in [-0.25, -0.2) is 0 Å². The third kappa shape index (κ3) is 4.02. The molecule has 1 aromatic carbocycles. The number of hydrogen-bond acceptors (Lipinski definition) is 3. The second kappa shape index (κ2) is 6.66. The topological polar surface area (TPSA) is 24.4 Å². The summed E-state index contributed by atoms with van der Waals surface area (Å²) in [4.78, 5) is 4.93. The average Bonchev–Trinajstić information content (AvgIpc) is 2.45. The van der Waals surface area contributed by atoms with E-state index in [9.17, 15) is 0 Å². The third-order valence-corrected chi connectivity index (χ3v) is 4.75. The molecule has 2 nitrogen and oxygen atoms in total. The van der Waals surface area contributed by atoms with Crippen LogP contribution in [-0.2, 0) is 0 Å². The van der Waals surface area contributed by atoms with Gasteiger partial charge in [0, 0.05) is 5.75 Å². The Morgan fingerprint density at radius 2 is 2.00 bits per heavy atom. The highest BCUT2D eigenvalue weighted by molar-refractivity contribution is 8.13. The number of nitrogens with one attached hydrogen (secondary N) is 1. The van der Waals surface area contributed by atoms with E-state index in [2.05, 4.69) is 63.3 Å². The standard InChI is InChI=1S/C17H26N2S/c1-5-14(13-9-7-6-8-10-13)18-16-19-15(11-12-20-16)17(2,3)4/h6-10,14-15H,5,11-12H2,1-4H3,(H,18,19). The van der Waals surface area contributed by atoms with Gasteiger partial charge in [-0.05, 0) is 23.8 Å². The van der Waals surface area contributed by atoms with Crippen molar-refractivity contribution in [1.29, 1.82) is 0 Å². The fourth-order valence-electron chi connectivity index (χ4n) is 2.47. The third-order valence-electron chi connectivity index (χ3n) is 3.81. The summed E-state index contributed by atoms with van der Waals surface area (Å²) in [5.41, 5.74) is 1.60. The van der Waals surface area contributed by atoms with Crippen LogP contribution in [-0.4, -0.2) is 17.0 Å². The van der Waals surface area contributed by atoms with Crippen LogP contribution in [0.3, 0.4) is 0 Å². The minimum absolute atomic E-state index is 0.252. The molecule has 3 heteroatoms. The second-order valence-corrected chi connectivity index (χ2v) is 7.55. The first-order valence-corrected chi connectivity index (χ1v) is 8.51. The molecular formula is C17H26N2S. The molecular weight excluding hydrogens is 264 g/mol. The highest BCUT2D eigenvalue weighted by Crippen LogP contribution is 2.31. The molecule has 0 aliphatic carbocycles. The van der Waals surface area contributed by atoms with E-state index in [1.807, 2.05) is 11.8 Å². The molecule has 1 aromatic rings. The van der Waals surface area contributed by atoms with Crippen molar-refractivity contribution < 1.29 is 0 Å². The van der Waals surface area contributed by atoms with Crippen LogP contribution < -0.4 is 5.32 Å². The number of rotatable bonds is 3. The van der Waals surface area contributed by atoms with Gasteiger partial charge in [-0.15, -0.1) is 0 Å². The van der Waals surface area contributed by atoms with E-state index < -0.39 is 0 Å². The average molecular weight is 290 g/mol. The molecule has 1 heterocycles. The molecule has 20 heavy (non-hydrogen) atoms. The monoisotopic (exact) mass is 290 g/mol. The maximum Gasteiger partial charge on any atom is 0.157 e.